The second-order valence-electron chi connectivity index (χ2n) is 9.16. The zero-order valence-corrected chi connectivity index (χ0v) is 20.9. The number of hydrogen-bond acceptors (Lipinski definition) is 4. The van der Waals surface area contributed by atoms with Gasteiger partial charge >= 0.3 is 0 Å². The van der Waals surface area contributed by atoms with Crippen LogP contribution < -0.4 is 10.3 Å². The topological polar surface area (TPSA) is 33.2 Å². The number of hydrogen-bond donors (Lipinski definition) is 0. The van der Waals surface area contributed by atoms with Gasteiger partial charge in [-0.05, 0) is 36.8 Å². The first-order chi connectivity index (χ1) is 15.7. The molecule has 0 atom stereocenters. The quantitative estimate of drug-likeness (QED) is 0.172. The summed E-state index contributed by atoms with van der Waals surface area (Å²) in [6.45, 7) is 3.37. The molecule has 0 bridgehead atoms. The molecule has 0 saturated heterocycles. The minimum absolute atomic E-state index is 0.0468. The molecule has 32 heavy (non-hydrogen) atoms. The lowest BCUT2D eigenvalue weighted by atomic mass is 10.0. The van der Waals surface area contributed by atoms with E-state index in [0.29, 0.717) is 0 Å². The average Bonchev–Trinajstić information content (AvgIpc) is 2.80. The van der Waals surface area contributed by atoms with Gasteiger partial charge in [0.15, 0.2) is 5.43 Å². The molecule has 0 aromatic heterocycles. The lowest BCUT2D eigenvalue weighted by Gasteiger charge is -2.20. The van der Waals surface area contributed by atoms with Crippen molar-refractivity contribution in [1.29, 1.82) is 0 Å². The maximum absolute atomic E-state index is 11.7. The van der Waals surface area contributed by atoms with Crippen LogP contribution in [0, 0.1) is 0 Å². The summed E-state index contributed by atoms with van der Waals surface area (Å²) in [5, 5.41) is 0. The molecule has 1 aromatic carbocycles. The van der Waals surface area contributed by atoms with Crippen molar-refractivity contribution >= 4 is 27.2 Å². The molecule has 0 fully saturated rings. The molecular formula is C28H40N2OS. The molecule has 3 nitrogen and oxygen atoms in total. The third-order valence-electron chi connectivity index (χ3n) is 6.37. The average molecular weight is 453 g/mol. The summed E-state index contributed by atoms with van der Waals surface area (Å²) in [5.41, 5.74) is 3.17. The maximum Gasteiger partial charge on any atom is 0.180 e. The summed E-state index contributed by atoms with van der Waals surface area (Å²) in [6.07, 6.45) is 18.1. The van der Waals surface area contributed by atoms with Gasteiger partial charge in [0, 0.05) is 25.3 Å². The summed E-state index contributed by atoms with van der Waals surface area (Å²) in [5.74, 6) is 0. The highest BCUT2D eigenvalue weighted by Gasteiger charge is 2.09. The van der Waals surface area contributed by atoms with E-state index in [1.807, 2.05) is 6.07 Å². The van der Waals surface area contributed by atoms with Crippen molar-refractivity contribution in [3.8, 4) is 10.6 Å². The third kappa shape index (κ3) is 7.88. The van der Waals surface area contributed by atoms with E-state index in [1.165, 1.54) is 89.2 Å². The first-order valence-corrected chi connectivity index (χ1v) is 13.5. The monoisotopic (exact) mass is 452 g/mol. The Balaban J connectivity index is 1.33. The molecule has 4 heteroatoms. The molecular weight excluding hydrogens is 412 g/mol. The van der Waals surface area contributed by atoms with Crippen molar-refractivity contribution in [1.82, 2.24) is 4.98 Å². The number of benzene rings is 2. The third-order valence-corrected chi connectivity index (χ3v) is 7.47. The standard InChI is InChI=1S/C28H40N2OS/c1-3-4-5-6-7-8-9-10-11-12-13-14-15-20-30(2)23-16-18-25-27(21-23)32-28-22-24(31)17-19-26(28)29-25/h16-19,21-22H,3-15,20H2,1-2H3. The van der Waals surface area contributed by atoms with Crippen molar-refractivity contribution in [2.45, 2.75) is 90.4 Å². The van der Waals surface area contributed by atoms with Crippen molar-refractivity contribution < 1.29 is 0 Å². The van der Waals surface area contributed by atoms with Gasteiger partial charge in [0.2, 0.25) is 0 Å². The summed E-state index contributed by atoms with van der Waals surface area (Å²) in [4.78, 5) is 19.7. The summed E-state index contributed by atoms with van der Waals surface area (Å²) < 4.78 is 1.14. The van der Waals surface area contributed by atoms with E-state index >= 15 is 0 Å². The minimum atomic E-state index is 0.0468. The Bertz CT molecular complexity index is 967. The number of rotatable bonds is 15. The Morgan fingerprint density at radius 2 is 1.41 bits per heavy atom. The first-order valence-electron chi connectivity index (χ1n) is 12.7. The molecule has 174 valence electrons. The summed E-state index contributed by atoms with van der Waals surface area (Å²) in [6, 6.07) is 11.6. The second kappa shape index (κ2) is 13.6. The maximum atomic E-state index is 11.7. The number of anilines is 1. The highest BCUT2D eigenvalue weighted by atomic mass is 32.1. The molecule has 0 N–H and O–H groups in total. The van der Waals surface area contributed by atoms with Crippen LogP contribution in [-0.2, 0) is 0 Å². The van der Waals surface area contributed by atoms with E-state index in [-0.39, 0.29) is 5.43 Å². The number of aromatic nitrogens is 1. The van der Waals surface area contributed by atoms with Crippen LogP contribution in [0.3, 0.4) is 0 Å². The van der Waals surface area contributed by atoms with E-state index in [1.54, 1.807) is 23.5 Å². The zero-order valence-electron chi connectivity index (χ0n) is 20.1. The van der Waals surface area contributed by atoms with Gasteiger partial charge in [0.25, 0.3) is 0 Å². The van der Waals surface area contributed by atoms with E-state index in [4.69, 9.17) is 4.98 Å². The van der Waals surface area contributed by atoms with Gasteiger partial charge in [0.1, 0.15) is 0 Å². The molecule has 0 spiro atoms. The van der Waals surface area contributed by atoms with Gasteiger partial charge in [0.05, 0.1) is 20.8 Å². The van der Waals surface area contributed by atoms with Gasteiger partial charge in [-0.2, -0.15) is 0 Å². The molecule has 1 heterocycles. The van der Waals surface area contributed by atoms with Crippen LogP contribution in [0.15, 0.2) is 41.2 Å². The van der Waals surface area contributed by atoms with E-state index < -0.39 is 0 Å². The van der Waals surface area contributed by atoms with Crippen LogP contribution in [0.2, 0.25) is 0 Å². The van der Waals surface area contributed by atoms with E-state index in [9.17, 15) is 4.79 Å². The lowest BCUT2D eigenvalue weighted by molar-refractivity contribution is 0.539. The van der Waals surface area contributed by atoms with Gasteiger partial charge < -0.3 is 4.90 Å². The summed E-state index contributed by atoms with van der Waals surface area (Å²) in [7, 11) is 2.18. The predicted octanol–water partition coefficient (Wildman–Crippen LogP) is 8.29. The SMILES string of the molecule is CCCCCCCCCCCCCCCN(C)c1ccc2nc3ccc(=O)cc-3sc2c1. The zero-order chi connectivity index (χ0) is 22.6. The molecule has 0 unspecified atom stereocenters. The normalized spacial score (nSPS) is 11.4. The van der Waals surface area contributed by atoms with Gasteiger partial charge in [-0.15, -0.1) is 11.3 Å². The van der Waals surface area contributed by atoms with Gasteiger partial charge in [-0.3, -0.25) is 4.79 Å². The first kappa shape index (κ1) is 24.7. The molecule has 1 aliphatic carbocycles. The molecule has 0 amide bonds. The van der Waals surface area contributed by atoms with Crippen molar-refractivity contribution in [3.63, 3.8) is 0 Å². The fourth-order valence-corrected chi connectivity index (χ4v) is 5.36. The Hall–Kier alpha value is -1.94. The molecule has 0 radical (unpaired) electrons. The number of unbranched alkanes of at least 4 members (excludes halogenated alkanes) is 12. The molecule has 1 aromatic rings. The van der Waals surface area contributed by atoms with Crippen LogP contribution >= 0.6 is 11.3 Å². The predicted molar refractivity (Wildman–Crippen MR) is 141 cm³/mol. The highest BCUT2D eigenvalue weighted by molar-refractivity contribution is 7.21. The fraction of sp³-hybridized carbons (Fsp3) is 0.571. The smallest absolute Gasteiger partial charge is 0.180 e. The number of fused-ring (bicyclic) bond motifs is 2. The van der Waals surface area contributed by atoms with Crippen LogP contribution in [-0.4, -0.2) is 18.6 Å². The van der Waals surface area contributed by atoms with Crippen molar-refractivity contribution in [2.24, 2.45) is 0 Å². The second-order valence-corrected chi connectivity index (χ2v) is 10.2. The Morgan fingerprint density at radius 1 is 0.781 bits per heavy atom. The van der Waals surface area contributed by atoms with Gasteiger partial charge in [-0.25, -0.2) is 4.98 Å². The fourth-order valence-electron chi connectivity index (χ4n) is 4.33. The molecule has 0 saturated carbocycles. The van der Waals surface area contributed by atoms with Crippen LogP contribution in [0.4, 0.5) is 5.69 Å². The Morgan fingerprint density at radius 3 is 2.06 bits per heavy atom. The Kier molecular flexibility index (Phi) is 10.5. The molecule has 2 aliphatic rings. The number of nitrogens with zero attached hydrogens (tertiary/aromatic N) is 2. The minimum Gasteiger partial charge on any atom is -0.375 e. The largest absolute Gasteiger partial charge is 0.375 e. The van der Waals surface area contributed by atoms with Crippen LogP contribution in [0.5, 0.6) is 0 Å². The summed E-state index contributed by atoms with van der Waals surface area (Å²) >= 11 is 1.66. The van der Waals surface area contributed by atoms with Crippen molar-refractivity contribution in [3.05, 3.63) is 46.6 Å². The lowest BCUT2D eigenvalue weighted by Crippen LogP contribution is -2.18. The van der Waals surface area contributed by atoms with Gasteiger partial charge in [-0.1, -0.05) is 84.0 Å². The highest BCUT2D eigenvalue weighted by Crippen LogP contribution is 2.31. The Labute approximate surface area is 198 Å². The van der Waals surface area contributed by atoms with Crippen LogP contribution in [0.25, 0.3) is 20.8 Å². The van der Waals surface area contributed by atoms with Crippen molar-refractivity contribution in [2.75, 3.05) is 18.5 Å². The van der Waals surface area contributed by atoms with Crippen LogP contribution in [0.1, 0.15) is 90.4 Å². The molecule has 1 aliphatic heterocycles. The van der Waals surface area contributed by atoms with E-state index in [0.717, 1.165) is 27.3 Å². The van der Waals surface area contributed by atoms with E-state index in [2.05, 4.69) is 37.1 Å². The molecule has 3 rings (SSSR count).